The predicted octanol–water partition coefficient (Wildman–Crippen LogP) is 0.684. The molecular formula is C14H27IN6O2. The van der Waals surface area contributed by atoms with Crippen LogP contribution in [0.25, 0.3) is 0 Å². The van der Waals surface area contributed by atoms with Gasteiger partial charge < -0.3 is 20.1 Å². The first-order valence-electron chi connectivity index (χ1n) is 7.76. The number of hydrogen-bond donors (Lipinski definition) is 2. The van der Waals surface area contributed by atoms with Gasteiger partial charge in [-0.05, 0) is 19.3 Å². The van der Waals surface area contributed by atoms with Crippen molar-refractivity contribution in [1.82, 2.24) is 25.4 Å². The molecule has 1 aromatic heterocycles. The zero-order valence-electron chi connectivity index (χ0n) is 13.8. The lowest BCUT2D eigenvalue weighted by atomic mass is 10.2. The van der Waals surface area contributed by atoms with E-state index in [0.717, 1.165) is 50.8 Å². The summed E-state index contributed by atoms with van der Waals surface area (Å²) in [5, 5.41) is 10.5. The fourth-order valence-corrected chi connectivity index (χ4v) is 2.24. The second-order valence-electron chi connectivity index (χ2n) is 5.22. The predicted molar refractivity (Wildman–Crippen MR) is 99.0 cm³/mol. The summed E-state index contributed by atoms with van der Waals surface area (Å²) in [7, 11) is 3.62. The average Bonchev–Trinajstić information content (AvgIpc) is 3.17. The van der Waals surface area contributed by atoms with Crippen LogP contribution in [0.2, 0.25) is 0 Å². The van der Waals surface area contributed by atoms with Crippen molar-refractivity contribution in [2.75, 3.05) is 33.4 Å². The van der Waals surface area contributed by atoms with Crippen LogP contribution >= 0.6 is 24.0 Å². The van der Waals surface area contributed by atoms with Gasteiger partial charge in [0.15, 0.2) is 5.96 Å². The summed E-state index contributed by atoms with van der Waals surface area (Å²) in [6.45, 7) is 3.71. The minimum atomic E-state index is 0. The summed E-state index contributed by atoms with van der Waals surface area (Å²) in [5.74, 6) is 1.62. The van der Waals surface area contributed by atoms with Gasteiger partial charge in [-0.1, -0.05) is 0 Å². The van der Waals surface area contributed by atoms with Gasteiger partial charge in [-0.15, -0.1) is 24.0 Å². The molecule has 0 aliphatic carbocycles. The number of aliphatic imine (C=N–C) groups is 1. The molecule has 1 saturated heterocycles. The molecule has 0 radical (unpaired) electrons. The van der Waals surface area contributed by atoms with Crippen LogP contribution in [0.1, 0.15) is 25.1 Å². The maximum absolute atomic E-state index is 5.62. The number of aryl methyl sites for hydroxylation is 1. The zero-order chi connectivity index (χ0) is 15.6. The molecule has 2 N–H and O–H groups in total. The molecule has 1 fully saturated rings. The van der Waals surface area contributed by atoms with Crippen molar-refractivity contribution in [1.29, 1.82) is 0 Å². The normalized spacial score (nSPS) is 17.8. The van der Waals surface area contributed by atoms with Crippen LogP contribution in [-0.2, 0) is 23.1 Å². The molecule has 1 atom stereocenters. The van der Waals surface area contributed by atoms with E-state index in [1.165, 1.54) is 0 Å². The van der Waals surface area contributed by atoms with E-state index in [4.69, 9.17) is 9.47 Å². The number of guanidine groups is 1. The third-order valence-corrected chi connectivity index (χ3v) is 3.53. The molecule has 0 aromatic carbocycles. The highest BCUT2D eigenvalue weighted by Gasteiger charge is 2.14. The molecule has 2 heterocycles. The lowest BCUT2D eigenvalue weighted by molar-refractivity contribution is 0.0168. The second-order valence-corrected chi connectivity index (χ2v) is 5.22. The lowest BCUT2D eigenvalue weighted by Crippen LogP contribution is -2.38. The van der Waals surface area contributed by atoms with Crippen LogP contribution in [0.15, 0.2) is 11.3 Å². The number of nitrogens with one attached hydrogen (secondary N) is 2. The number of nitrogens with zero attached hydrogens (tertiary/aromatic N) is 4. The largest absolute Gasteiger partial charge is 0.379 e. The van der Waals surface area contributed by atoms with Crippen LogP contribution in [0.5, 0.6) is 0 Å². The van der Waals surface area contributed by atoms with Gasteiger partial charge in [-0.25, -0.2) is 4.98 Å². The van der Waals surface area contributed by atoms with E-state index in [2.05, 4.69) is 25.7 Å². The van der Waals surface area contributed by atoms with Gasteiger partial charge in [0, 0.05) is 33.9 Å². The van der Waals surface area contributed by atoms with Gasteiger partial charge in [-0.3, -0.25) is 9.67 Å². The Labute approximate surface area is 154 Å². The van der Waals surface area contributed by atoms with Crippen molar-refractivity contribution >= 4 is 29.9 Å². The van der Waals surface area contributed by atoms with E-state index in [1.807, 2.05) is 7.05 Å². The second kappa shape index (κ2) is 11.6. The first kappa shape index (κ1) is 20.1. The Morgan fingerprint density at radius 2 is 2.39 bits per heavy atom. The standard InChI is InChI=1S/C14H26N6O2.HI/c1-15-14(17-9-13-18-11-19-20(13)2)16-6-4-7-21-10-12-5-3-8-22-12;/h11-12H,3-10H2,1-2H3,(H2,15,16,17);1H. The number of hydrogen-bond acceptors (Lipinski definition) is 5. The highest BCUT2D eigenvalue weighted by molar-refractivity contribution is 14.0. The van der Waals surface area contributed by atoms with Gasteiger partial charge in [-0.2, -0.15) is 5.10 Å². The summed E-state index contributed by atoms with van der Waals surface area (Å²) in [4.78, 5) is 8.33. The number of ether oxygens (including phenoxy) is 2. The van der Waals surface area contributed by atoms with Crippen molar-refractivity contribution in [2.24, 2.45) is 12.0 Å². The van der Waals surface area contributed by atoms with E-state index >= 15 is 0 Å². The highest BCUT2D eigenvalue weighted by Crippen LogP contribution is 2.11. The third kappa shape index (κ3) is 7.44. The molecule has 0 amide bonds. The Hall–Kier alpha value is -0.940. The van der Waals surface area contributed by atoms with Crippen LogP contribution in [0, 0.1) is 0 Å². The summed E-state index contributed by atoms with van der Waals surface area (Å²) in [5.41, 5.74) is 0. The smallest absolute Gasteiger partial charge is 0.191 e. The molecule has 1 aliphatic heterocycles. The molecule has 1 aliphatic rings. The first-order valence-corrected chi connectivity index (χ1v) is 7.76. The average molecular weight is 438 g/mol. The molecule has 0 spiro atoms. The minimum Gasteiger partial charge on any atom is -0.379 e. The summed E-state index contributed by atoms with van der Waals surface area (Å²) < 4.78 is 12.9. The molecule has 9 heteroatoms. The fourth-order valence-electron chi connectivity index (χ4n) is 2.24. The third-order valence-electron chi connectivity index (χ3n) is 3.53. The molecule has 23 heavy (non-hydrogen) atoms. The molecule has 8 nitrogen and oxygen atoms in total. The Morgan fingerprint density at radius 3 is 3.04 bits per heavy atom. The SMILES string of the molecule is CN=C(NCCCOCC1CCCO1)NCc1ncnn1C.I. The highest BCUT2D eigenvalue weighted by atomic mass is 127. The van der Waals surface area contributed by atoms with Crippen LogP contribution < -0.4 is 10.6 Å². The molecular weight excluding hydrogens is 411 g/mol. The van der Waals surface area contributed by atoms with Crippen molar-refractivity contribution in [3.05, 3.63) is 12.2 Å². The maximum atomic E-state index is 5.62. The molecule has 1 unspecified atom stereocenters. The van der Waals surface area contributed by atoms with Crippen molar-refractivity contribution in [2.45, 2.75) is 31.9 Å². The molecule has 0 bridgehead atoms. The van der Waals surface area contributed by atoms with Gasteiger partial charge in [0.2, 0.25) is 0 Å². The Kier molecular flexibility index (Phi) is 10.1. The van der Waals surface area contributed by atoms with Gasteiger partial charge in [0.05, 0.1) is 19.3 Å². The van der Waals surface area contributed by atoms with Crippen molar-refractivity contribution in [3.8, 4) is 0 Å². The quantitative estimate of drug-likeness (QED) is 0.269. The molecule has 132 valence electrons. The Morgan fingerprint density at radius 1 is 1.52 bits per heavy atom. The van der Waals surface area contributed by atoms with Crippen LogP contribution in [0.3, 0.4) is 0 Å². The fraction of sp³-hybridized carbons (Fsp3) is 0.786. The van der Waals surface area contributed by atoms with E-state index in [-0.39, 0.29) is 24.0 Å². The summed E-state index contributed by atoms with van der Waals surface area (Å²) >= 11 is 0. The molecule has 2 rings (SSSR count). The van der Waals surface area contributed by atoms with E-state index in [9.17, 15) is 0 Å². The minimum absolute atomic E-state index is 0. The van der Waals surface area contributed by atoms with Crippen LogP contribution in [0.4, 0.5) is 0 Å². The monoisotopic (exact) mass is 438 g/mol. The number of halogens is 1. The van der Waals surface area contributed by atoms with Crippen LogP contribution in [-0.4, -0.2) is 60.2 Å². The van der Waals surface area contributed by atoms with Crippen molar-refractivity contribution < 1.29 is 9.47 Å². The van der Waals surface area contributed by atoms with Crippen molar-refractivity contribution in [3.63, 3.8) is 0 Å². The molecule has 1 aromatic rings. The number of aromatic nitrogens is 3. The van der Waals surface area contributed by atoms with Gasteiger partial charge >= 0.3 is 0 Å². The summed E-state index contributed by atoms with van der Waals surface area (Å²) in [6.07, 6.45) is 5.05. The summed E-state index contributed by atoms with van der Waals surface area (Å²) in [6, 6.07) is 0. The molecule has 0 saturated carbocycles. The zero-order valence-corrected chi connectivity index (χ0v) is 16.2. The van der Waals surface area contributed by atoms with E-state index < -0.39 is 0 Å². The topological polar surface area (TPSA) is 85.6 Å². The van der Waals surface area contributed by atoms with Gasteiger partial charge in [0.25, 0.3) is 0 Å². The van der Waals surface area contributed by atoms with Gasteiger partial charge in [0.1, 0.15) is 12.2 Å². The number of rotatable bonds is 8. The lowest BCUT2D eigenvalue weighted by Gasteiger charge is -2.12. The van der Waals surface area contributed by atoms with E-state index in [0.29, 0.717) is 19.3 Å². The maximum Gasteiger partial charge on any atom is 0.191 e. The Bertz CT molecular complexity index is 462. The Balaban J connectivity index is 0.00000264. The first-order chi connectivity index (χ1) is 10.8. The van der Waals surface area contributed by atoms with E-state index in [1.54, 1.807) is 18.1 Å².